The molecule has 1 rings (SSSR count). The predicted octanol–water partition coefficient (Wildman–Crippen LogP) is 1.48. The van der Waals surface area contributed by atoms with Crippen molar-refractivity contribution in [2.75, 3.05) is 13.2 Å². The molecule has 1 atom stereocenters. The average Bonchev–Trinajstić information content (AvgIpc) is 2.39. The summed E-state index contributed by atoms with van der Waals surface area (Å²) in [6.45, 7) is 2.51. The molecule has 0 bridgehead atoms. The van der Waals surface area contributed by atoms with Gasteiger partial charge in [-0.2, -0.15) is 0 Å². The standard InChI is InChI=1S/C12H16ClN3O4/c1-2-5-15-10(12(14)17)7-20-11-6-8(16(18)19)3-4-9(11)13/h3-4,6,10,15H,2,5,7H2,1H3,(H2,14,17). The van der Waals surface area contributed by atoms with Gasteiger partial charge >= 0.3 is 0 Å². The van der Waals surface area contributed by atoms with Crippen LogP contribution in [0.4, 0.5) is 5.69 Å². The van der Waals surface area contributed by atoms with Gasteiger partial charge in [0.1, 0.15) is 18.4 Å². The Labute approximate surface area is 121 Å². The first-order chi connectivity index (χ1) is 9.45. The van der Waals surface area contributed by atoms with Crippen LogP contribution in [-0.4, -0.2) is 30.0 Å². The predicted molar refractivity (Wildman–Crippen MR) is 74.9 cm³/mol. The maximum absolute atomic E-state index is 11.2. The van der Waals surface area contributed by atoms with Crippen molar-refractivity contribution in [3.63, 3.8) is 0 Å². The highest BCUT2D eigenvalue weighted by Gasteiger charge is 2.17. The van der Waals surface area contributed by atoms with Crippen molar-refractivity contribution in [3.05, 3.63) is 33.3 Å². The Balaban J connectivity index is 2.74. The topological polar surface area (TPSA) is 107 Å². The summed E-state index contributed by atoms with van der Waals surface area (Å²) in [4.78, 5) is 21.3. The summed E-state index contributed by atoms with van der Waals surface area (Å²) in [7, 11) is 0. The van der Waals surface area contributed by atoms with Gasteiger partial charge in [-0.25, -0.2) is 0 Å². The summed E-state index contributed by atoms with van der Waals surface area (Å²) in [5.41, 5.74) is 5.10. The Bertz CT molecular complexity index is 496. The first-order valence-corrected chi connectivity index (χ1v) is 6.43. The molecule has 1 aromatic carbocycles. The van der Waals surface area contributed by atoms with Gasteiger partial charge in [-0.1, -0.05) is 18.5 Å². The van der Waals surface area contributed by atoms with Gasteiger partial charge < -0.3 is 15.8 Å². The summed E-state index contributed by atoms with van der Waals surface area (Å²) < 4.78 is 5.35. The molecule has 0 aromatic heterocycles. The van der Waals surface area contributed by atoms with Gasteiger partial charge in [0.25, 0.3) is 5.69 Å². The van der Waals surface area contributed by atoms with E-state index in [0.717, 1.165) is 6.42 Å². The average molecular weight is 302 g/mol. The Hall–Kier alpha value is -1.86. The zero-order valence-electron chi connectivity index (χ0n) is 11.0. The van der Waals surface area contributed by atoms with Gasteiger partial charge in [0, 0.05) is 6.07 Å². The fourth-order valence-corrected chi connectivity index (χ4v) is 1.62. The molecule has 0 aliphatic carbocycles. The van der Waals surface area contributed by atoms with Gasteiger partial charge in [-0.3, -0.25) is 14.9 Å². The number of halogens is 1. The Morgan fingerprint density at radius 1 is 1.60 bits per heavy atom. The van der Waals surface area contributed by atoms with Crippen LogP contribution >= 0.6 is 11.6 Å². The first kappa shape index (κ1) is 16.2. The summed E-state index contributed by atoms with van der Waals surface area (Å²) in [6, 6.07) is 3.18. The minimum atomic E-state index is -0.676. The van der Waals surface area contributed by atoms with Gasteiger partial charge in [-0.05, 0) is 19.0 Å². The molecule has 0 aliphatic rings. The molecule has 0 spiro atoms. The molecule has 20 heavy (non-hydrogen) atoms. The largest absolute Gasteiger partial charge is 0.490 e. The van der Waals surface area contributed by atoms with E-state index >= 15 is 0 Å². The number of carbonyl (C=O) groups is 1. The van der Waals surface area contributed by atoms with Crippen molar-refractivity contribution in [2.24, 2.45) is 5.73 Å². The molecule has 1 amide bonds. The van der Waals surface area contributed by atoms with Crippen LogP contribution in [0.5, 0.6) is 5.75 Å². The summed E-state index contributed by atoms with van der Waals surface area (Å²) in [5.74, 6) is -0.412. The maximum atomic E-state index is 11.2. The van der Waals surface area contributed by atoms with Crippen LogP contribution in [0.25, 0.3) is 0 Å². The minimum Gasteiger partial charge on any atom is -0.490 e. The summed E-state index contributed by atoms with van der Waals surface area (Å²) >= 11 is 5.88. The molecule has 110 valence electrons. The van der Waals surface area contributed by atoms with E-state index in [1.165, 1.54) is 18.2 Å². The van der Waals surface area contributed by atoms with Gasteiger partial charge in [0.05, 0.1) is 16.0 Å². The molecular weight excluding hydrogens is 286 g/mol. The molecule has 7 nitrogen and oxygen atoms in total. The van der Waals surface area contributed by atoms with Crippen molar-refractivity contribution in [3.8, 4) is 5.75 Å². The molecule has 1 unspecified atom stereocenters. The fraction of sp³-hybridized carbons (Fsp3) is 0.417. The quantitative estimate of drug-likeness (QED) is 0.558. The van der Waals surface area contributed by atoms with Crippen LogP contribution in [0.1, 0.15) is 13.3 Å². The summed E-state index contributed by atoms with van der Waals surface area (Å²) in [5, 5.41) is 13.8. The molecule has 0 aliphatic heterocycles. The van der Waals surface area contributed by atoms with E-state index in [0.29, 0.717) is 6.54 Å². The van der Waals surface area contributed by atoms with E-state index in [1.54, 1.807) is 0 Å². The van der Waals surface area contributed by atoms with E-state index in [2.05, 4.69) is 5.32 Å². The zero-order chi connectivity index (χ0) is 15.1. The second-order valence-corrected chi connectivity index (χ2v) is 4.50. The van der Waals surface area contributed by atoms with E-state index in [9.17, 15) is 14.9 Å². The van der Waals surface area contributed by atoms with Crippen molar-refractivity contribution >= 4 is 23.2 Å². The monoisotopic (exact) mass is 301 g/mol. The summed E-state index contributed by atoms with van der Waals surface area (Å²) in [6.07, 6.45) is 0.835. The number of hydrogen-bond acceptors (Lipinski definition) is 5. The van der Waals surface area contributed by atoms with E-state index in [-0.39, 0.29) is 23.1 Å². The van der Waals surface area contributed by atoms with Crippen molar-refractivity contribution in [1.82, 2.24) is 5.32 Å². The SMILES string of the molecule is CCCNC(COc1cc([N+](=O)[O-])ccc1Cl)C(N)=O. The van der Waals surface area contributed by atoms with Crippen LogP contribution in [0.3, 0.4) is 0 Å². The molecule has 0 saturated carbocycles. The fourth-order valence-electron chi connectivity index (χ4n) is 1.45. The van der Waals surface area contributed by atoms with Gasteiger partial charge in [-0.15, -0.1) is 0 Å². The zero-order valence-corrected chi connectivity index (χ0v) is 11.7. The molecule has 0 radical (unpaired) electrons. The second kappa shape index (κ2) is 7.66. The van der Waals surface area contributed by atoms with Crippen molar-refractivity contribution < 1.29 is 14.5 Å². The van der Waals surface area contributed by atoms with Crippen LogP contribution < -0.4 is 15.8 Å². The number of nitrogens with zero attached hydrogens (tertiary/aromatic N) is 1. The van der Waals surface area contributed by atoms with Crippen LogP contribution in [0, 0.1) is 10.1 Å². The third-order valence-electron chi connectivity index (χ3n) is 2.52. The van der Waals surface area contributed by atoms with E-state index in [1.807, 2.05) is 6.92 Å². The number of hydrogen-bond donors (Lipinski definition) is 2. The number of nitrogens with two attached hydrogens (primary N) is 1. The molecule has 0 saturated heterocycles. The molecule has 3 N–H and O–H groups in total. The smallest absolute Gasteiger partial charge is 0.273 e. The maximum Gasteiger partial charge on any atom is 0.273 e. The number of rotatable bonds is 8. The lowest BCUT2D eigenvalue weighted by atomic mass is 10.2. The normalized spacial score (nSPS) is 11.9. The lowest BCUT2D eigenvalue weighted by Gasteiger charge is -2.16. The molecule has 1 aromatic rings. The second-order valence-electron chi connectivity index (χ2n) is 4.09. The van der Waals surface area contributed by atoms with E-state index in [4.69, 9.17) is 22.1 Å². The van der Waals surface area contributed by atoms with Gasteiger partial charge in [0.15, 0.2) is 0 Å². The van der Waals surface area contributed by atoms with Crippen molar-refractivity contribution in [1.29, 1.82) is 0 Å². The third-order valence-corrected chi connectivity index (χ3v) is 2.83. The highest BCUT2D eigenvalue weighted by molar-refractivity contribution is 6.32. The number of ether oxygens (including phenoxy) is 1. The number of primary amides is 1. The molecular formula is C12H16ClN3O4. The number of benzene rings is 1. The number of amides is 1. The Morgan fingerprint density at radius 3 is 2.85 bits per heavy atom. The Morgan fingerprint density at radius 2 is 2.30 bits per heavy atom. The number of nitrogens with one attached hydrogen (secondary N) is 1. The van der Waals surface area contributed by atoms with Gasteiger partial charge in [0.2, 0.25) is 5.91 Å². The van der Waals surface area contributed by atoms with Crippen LogP contribution in [0.2, 0.25) is 5.02 Å². The van der Waals surface area contributed by atoms with Crippen LogP contribution in [0.15, 0.2) is 18.2 Å². The number of nitro benzene ring substituents is 1. The third kappa shape index (κ3) is 4.67. The van der Waals surface area contributed by atoms with Crippen molar-refractivity contribution in [2.45, 2.75) is 19.4 Å². The Kier molecular flexibility index (Phi) is 6.20. The number of non-ortho nitro benzene ring substituents is 1. The first-order valence-electron chi connectivity index (χ1n) is 6.05. The number of carbonyl (C=O) groups excluding carboxylic acids is 1. The number of nitro groups is 1. The minimum absolute atomic E-state index is 0.0454. The lowest BCUT2D eigenvalue weighted by Crippen LogP contribution is -2.45. The highest BCUT2D eigenvalue weighted by atomic mass is 35.5. The lowest BCUT2D eigenvalue weighted by molar-refractivity contribution is -0.384. The molecule has 8 heteroatoms. The van der Waals surface area contributed by atoms with E-state index < -0.39 is 16.9 Å². The van der Waals surface area contributed by atoms with Crippen LogP contribution in [-0.2, 0) is 4.79 Å². The molecule has 0 fully saturated rings. The molecule has 0 heterocycles. The highest BCUT2D eigenvalue weighted by Crippen LogP contribution is 2.28.